The molecule has 3 nitrogen and oxygen atoms in total. The van der Waals surface area contributed by atoms with Gasteiger partial charge in [-0.05, 0) is 60.5 Å². The lowest BCUT2D eigenvalue weighted by molar-refractivity contribution is 0.303. The topological polar surface area (TPSA) is 28.2 Å². The van der Waals surface area contributed by atoms with Crippen LogP contribution in [0.2, 0.25) is 0 Å². The average molecular weight is 300 g/mol. The zero-order valence-corrected chi connectivity index (χ0v) is 12.5. The minimum absolute atomic E-state index is 0.978. The third kappa shape index (κ3) is 5.04. The molecule has 0 aliphatic rings. The Morgan fingerprint density at radius 2 is 2.06 bits per heavy atom. The maximum absolute atomic E-state index is 4.36. The molecule has 1 aromatic heterocycles. The van der Waals surface area contributed by atoms with Gasteiger partial charge in [0.1, 0.15) is 5.82 Å². The molecule has 0 saturated heterocycles. The molecule has 0 aliphatic heterocycles. The van der Waals surface area contributed by atoms with Crippen molar-refractivity contribution in [1.82, 2.24) is 9.88 Å². The minimum Gasteiger partial charge on any atom is -0.370 e. The first-order chi connectivity index (χ1) is 8.17. The Hall–Kier alpha value is -0.610. The second kappa shape index (κ2) is 7.67. The number of aryl methyl sites for hydroxylation is 1. The summed E-state index contributed by atoms with van der Waals surface area (Å²) >= 11 is 3.42. The molecule has 0 saturated carbocycles. The molecule has 17 heavy (non-hydrogen) atoms. The Balaban J connectivity index is 2.31. The molecule has 0 spiro atoms. The fourth-order valence-corrected chi connectivity index (χ4v) is 2.22. The van der Waals surface area contributed by atoms with Crippen molar-refractivity contribution in [2.45, 2.75) is 27.2 Å². The fraction of sp³-hybridized carbons (Fsp3) is 0.615. The van der Waals surface area contributed by atoms with Crippen LogP contribution in [0.4, 0.5) is 5.82 Å². The maximum atomic E-state index is 4.36. The van der Waals surface area contributed by atoms with Gasteiger partial charge in [0.05, 0.1) is 0 Å². The molecule has 4 heteroatoms. The van der Waals surface area contributed by atoms with Gasteiger partial charge in [-0.25, -0.2) is 4.98 Å². The first kappa shape index (κ1) is 14.5. The summed E-state index contributed by atoms with van der Waals surface area (Å²) in [6.45, 7) is 10.9. The summed E-state index contributed by atoms with van der Waals surface area (Å²) in [4.78, 5) is 6.80. The minimum atomic E-state index is 0.978. The van der Waals surface area contributed by atoms with Crippen LogP contribution in [0, 0.1) is 6.92 Å². The van der Waals surface area contributed by atoms with Crippen LogP contribution in [0.5, 0.6) is 0 Å². The molecule has 0 amide bonds. The van der Waals surface area contributed by atoms with Gasteiger partial charge in [-0.15, -0.1) is 0 Å². The number of halogens is 1. The van der Waals surface area contributed by atoms with Gasteiger partial charge in [0, 0.05) is 17.2 Å². The average Bonchev–Trinajstić information content (AvgIpc) is 2.32. The highest BCUT2D eigenvalue weighted by molar-refractivity contribution is 9.10. The Labute approximate surface area is 113 Å². The molecule has 0 unspecified atom stereocenters. The smallest absolute Gasteiger partial charge is 0.128 e. The lowest BCUT2D eigenvalue weighted by atomic mass is 10.3. The van der Waals surface area contributed by atoms with Gasteiger partial charge < -0.3 is 10.2 Å². The van der Waals surface area contributed by atoms with Crippen molar-refractivity contribution in [3.63, 3.8) is 0 Å². The first-order valence-electron chi connectivity index (χ1n) is 6.25. The first-order valence-corrected chi connectivity index (χ1v) is 7.05. The molecule has 0 fully saturated rings. The predicted octanol–water partition coefficient (Wildman–Crippen LogP) is 3.30. The van der Waals surface area contributed by atoms with Crippen LogP contribution in [-0.2, 0) is 0 Å². The number of nitrogens with one attached hydrogen (secondary N) is 1. The van der Waals surface area contributed by atoms with E-state index in [1.807, 2.05) is 6.20 Å². The Kier molecular flexibility index (Phi) is 6.52. The van der Waals surface area contributed by atoms with Crippen molar-refractivity contribution in [2.75, 3.05) is 31.5 Å². The standard InChI is InChI=1S/C13H22BrN3/c1-4-17(5-2)8-6-7-15-13-11(3)9-12(14)10-16-13/h9-10H,4-8H2,1-3H3,(H,15,16). The maximum Gasteiger partial charge on any atom is 0.128 e. The second-order valence-corrected chi connectivity index (χ2v) is 5.04. The van der Waals surface area contributed by atoms with Gasteiger partial charge in [0.2, 0.25) is 0 Å². The lowest BCUT2D eigenvalue weighted by Gasteiger charge is -2.18. The zero-order chi connectivity index (χ0) is 12.7. The van der Waals surface area contributed by atoms with Crippen LogP contribution < -0.4 is 5.32 Å². The third-order valence-electron chi connectivity index (χ3n) is 2.88. The Bertz CT molecular complexity index is 337. The van der Waals surface area contributed by atoms with Gasteiger partial charge in [-0.3, -0.25) is 0 Å². The molecule has 1 heterocycles. The van der Waals surface area contributed by atoms with E-state index in [2.05, 4.69) is 58.0 Å². The molecule has 0 aromatic carbocycles. The Morgan fingerprint density at radius 1 is 1.35 bits per heavy atom. The van der Waals surface area contributed by atoms with Crippen LogP contribution in [-0.4, -0.2) is 36.1 Å². The normalized spacial score (nSPS) is 10.9. The fourth-order valence-electron chi connectivity index (χ4n) is 1.77. The van der Waals surface area contributed by atoms with Crippen LogP contribution in [0.25, 0.3) is 0 Å². The van der Waals surface area contributed by atoms with Gasteiger partial charge in [0.25, 0.3) is 0 Å². The quantitative estimate of drug-likeness (QED) is 0.783. The number of rotatable bonds is 7. The highest BCUT2D eigenvalue weighted by atomic mass is 79.9. The predicted molar refractivity (Wildman–Crippen MR) is 77.6 cm³/mol. The Morgan fingerprint density at radius 3 is 2.65 bits per heavy atom. The highest BCUT2D eigenvalue weighted by Crippen LogP contribution is 2.16. The molecule has 0 radical (unpaired) electrons. The summed E-state index contributed by atoms with van der Waals surface area (Å²) in [5.74, 6) is 0.993. The van der Waals surface area contributed by atoms with E-state index in [1.165, 1.54) is 5.56 Å². The van der Waals surface area contributed by atoms with Crippen LogP contribution in [0.15, 0.2) is 16.7 Å². The number of pyridine rings is 1. The van der Waals surface area contributed by atoms with E-state index in [9.17, 15) is 0 Å². The van der Waals surface area contributed by atoms with Crippen LogP contribution >= 0.6 is 15.9 Å². The molecule has 0 bridgehead atoms. The summed E-state index contributed by atoms with van der Waals surface area (Å²) in [6.07, 6.45) is 2.98. The summed E-state index contributed by atoms with van der Waals surface area (Å²) < 4.78 is 1.03. The van der Waals surface area contributed by atoms with Gasteiger partial charge >= 0.3 is 0 Å². The molecule has 0 aliphatic carbocycles. The lowest BCUT2D eigenvalue weighted by Crippen LogP contribution is -2.25. The van der Waals surface area contributed by atoms with E-state index in [4.69, 9.17) is 0 Å². The number of hydrogen-bond donors (Lipinski definition) is 1. The number of nitrogens with zero attached hydrogens (tertiary/aromatic N) is 2. The highest BCUT2D eigenvalue weighted by Gasteiger charge is 2.01. The van der Waals surface area contributed by atoms with Crippen molar-refractivity contribution in [2.24, 2.45) is 0 Å². The zero-order valence-electron chi connectivity index (χ0n) is 11.0. The second-order valence-electron chi connectivity index (χ2n) is 4.13. The van der Waals surface area contributed by atoms with Crippen LogP contribution in [0.1, 0.15) is 25.8 Å². The summed E-state index contributed by atoms with van der Waals surface area (Å²) in [5, 5.41) is 3.39. The number of hydrogen-bond acceptors (Lipinski definition) is 3. The molecule has 1 N–H and O–H groups in total. The summed E-state index contributed by atoms with van der Waals surface area (Å²) in [7, 11) is 0. The van der Waals surface area contributed by atoms with Crippen molar-refractivity contribution in [1.29, 1.82) is 0 Å². The molecule has 1 aromatic rings. The molecular weight excluding hydrogens is 278 g/mol. The van der Waals surface area contributed by atoms with E-state index in [-0.39, 0.29) is 0 Å². The van der Waals surface area contributed by atoms with Gasteiger partial charge in [-0.2, -0.15) is 0 Å². The number of anilines is 1. The van der Waals surface area contributed by atoms with Gasteiger partial charge in [-0.1, -0.05) is 13.8 Å². The number of aromatic nitrogens is 1. The monoisotopic (exact) mass is 299 g/mol. The molecule has 1 rings (SSSR count). The van der Waals surface area contributed by atoms with Crippen LogP contribution in [0.3, 0.4) is 0 Å². The van der Waals surface area contributed by atoms with E-state index < -0.39 is 0 Å². The third-order valence-corrected chi connectivity index (χ3v) is 3.32. The van der Waals surface area contributed by atoms with E-state index >= 15 is 0 Å². The SMILES string of the molecule is CCN(CC)CCCNc1ncc(Br)cc1C. The molecule has 96 valence electrons. The summed E-state index contributed by atoms with van der Waals surface area (Å²) in [5.41, 5.74) is 1.18. The van der Waals surface area contributed by atoms with Crippen molar-refractivity contribution < 1.29 is 0 Å². The molecular formula is C13H22BrN3. The largest absolute Gasteiger partial charge is 0.370 e. The molecule has 0 atom stereocenters. The van der Waals surface area contributed by atoms with Crippen molar-refractivity contribution in [3.8, 4) is 0 Å². The van der Waals surface area contributed by atoms with Crippen molar-refractivity contribution in [3.05, 3.63) is 22.3 Å². The van der Waals surface area contributed by atoms with Crippen molar-refractivity contribution >= 4 is 21.7 Å². The van der Waals surface area contributed by atoms with E-state index in [0.29, 0.717) is 0 Å². The van der Waals surface area contributed by atoms with E-state index in [1.54, 1.807) is 0 Å². The van der Waals surface area contributed by atoms with Gasteiger partial charge in [0.15, 0.2) is 0 Å². The van der Waals surface area contributed by atoms with E-state index in [0.717, 1.165) is 42.9 Å². The summed E-state index contributed by atoms with van der Waals surface area (Å²) in [6, 6.07) is 2.08.